The van der Waals surface area contributed by atoms with Crippen molar-refractivity contribution in [2.24, 2.45) is 0 Å². The summed E-state index contributed by atoms with van der Waals surface area (Å²) in [6.07, 6.45) is 0.588. The molecular formula is C13H10BrClN2O3. The SMILES string of the molecule is O=C1CCC(N2Cc3c(Cl)ccc(Br)c3C2=O)C(=O)N1. The number of rotatable bonds is 1. The van der Waals surface area contributed by atoms with Gasteiger partial charge in [-0.2, -0.15) is 0 Å². The van der Waals surface area contributed by atoms with Gasteiger partial charge in [-0.15, -0.1) is 0 Å². The van der Waals surface area contributed by atoms with Crippen LogP contribution in [-0.2, 0) is 16.1 Å². The predicted octanol–water partition coefficient (Wildman–Crippen LogP) is 1.86. The molecule has 1 fully saturated rings. The summed E-state index contributed by atoms with van der Waals surface area (Å²) in [5.74, 6) is -0.951. The van der Waals surface area contributed by atoms with E-state index in [4.69, 9.17) is 11.6 Å². The fourth-order valence-electron chi connectivity index (χ4n) is 2.60. The molecule has 1 aromatic carbocycles. The van der Waals surface area contributed by atoms with E-state index >= 15 is 0 Å². The zero-order valence-corrected chi connectivity index (χ0v) is 12.6. The number of nitrogens with one attached hydrogen (secondary N) is 1. The van der Waals surface area contributed by atoms with Crippen molar-refractivity contribution in [2.75, 3.05) is 0 Å². The minimum atomic E-state index is -0.615. The van der Waals surface area contributed by atoms with Crippen LogP contribution in [0.5, 0.6) is 0 Å². The van der Waals surface area contributed by atoms with E-state index in [2.05, 4.69) is 21.2 Å². The molecule has 2 heterocycles. The molecule has 1 atom stereocenters. The first-order valence-electron chi connectivity index (χ1n) is 6.10. The molecule has 3 rings (SSSR count). The molecular weight excluding hydrogens is 348 g/mol. The normalized spacial score (nSPS) is 22.0. The third-order valence-electron chi connectivity index (χ3n) is 3.59. The highest BCUT2D eigenvalue weighted by atomic mass is 79.9. The van der Waals surface area contributed by atoms with Gasteiger partial charge in [0.1, 0.15) is 6.04 Å². The summed E-state index contributed by atoms with van der Waals surface area (Å²) in [5.41, 5.74) is 1.22. The largest absolute Gasteiger partial charge is 0.322 e. The fourth-order valence-corrected chi connectivity index (χ4v) is 3.35. The molecule has 3 amide bonds. The van der Waals surface area contributed by atoms with Crippen LogP contribution < -0.4 is 5.32 Å². The van der Waals surface area contributed by atoms with E-state index in [1.54, 1.807) is 12.1 Å². The van der Waals surface area contributed by atoms with Crippen LogP contribution in [0, 0.1) is 0 Å². The number of fused-ring (bicyclic) bond motifs is 1. The average molecular weight is 358 g/mol. The Kier molecular flexibility index (Phi) is 3.30. The maximum Gasteiger partial charge on any atom is 0.256 e. The highest BCUT2D eigenvalue weighted by Gasteiger charge is 2.40. The van der Waals surface area contributed by atoms with Crippen molar-refractivity contribution in [3.8, 4) is 0 Å². The minimum absolute atomic E-state index is 0.233. The molecule has 0 aromatic heterocycles. The number of hydrogen-bond donors (Lipinski definition) is 1. The zero-order valence-electron chi connectivity index (χ0n) is 10.3. The molecule has 5 nitrogen and oxygen atoms in total. The number of carbonyl (C=O) groups excluding carboxylic acids is 3. The van der Waals surface area contributed by atoms with Crippen LogP contribution in [-0.4, -0.2) is 28.7 Å². The second kappa shape index (κ2) is 4.86. The molecule has 0 saturated carbocycles. The molecule has 1 N–H and O–H groups in total. The predicted molar refractivity (Wildman–Crippen MR) is 75.2 cm³/mol. The quantitative estimate of drug-likeness (QED) is 0.780. The first-order chi connectivity index (χ1) is 9.49. The van der Waals surface area contributed by atoms with Gasteiger partial charge < -0.3 is 4.90 Å². The monoisotopic (exact) mass is 356 g/mol. The molecule has 104 valence electrons. The molecule has 0 aliphatic carbocycles. The van der Waals surface area contributed by atoms with E-state index in [9.17, 15) is 14.4 Å². The van der Waals surface area contributed by atoms with Gasteiger partial charge in [0.25, 0.3) is 5.91 Å². The molecule has 2 aliphatic heterocycles. The molecule has 1 saturated heterocycles. The Morgan fingerprint density at radius 2 is 2.05 bits per heavy atom. The van der Waals surface area contributed by atoms with Gasteiger partial charge in [-0.1, -0.05) is 11.6 Å². The molecule has 1 unspecified atom stereocenters. The Labute approximate surface area is 128 Å². The Bertz CT molecular complexity index is 647. The van der Waals surface area contributed by atoms with Crippen molar-refractivity contribution in [2.45, 2.75) is 25.4 Å². The lowest BCUT2D eigenvalue weighted by atomic mass is 10.0. The first kappa shape index (κ1) is 13.6. The van der Waals surface area contributed by atoms with Crippen molar-refractivity contribution in [3.63, 3.8) is 0 Å². The lowest BCUT2D eigenvalue weighted by molar-refractivity contribution is -0.136. The topological polar surface area (TPSA) is 66.5 Å². The van der Waals surface area contributed by atoms with Gasteiger partial charge in [0, 0.05) is 28.0 Å². The summed E-state index contributed by atoms with van der Waals surface area (Å²) < 4.78 is 0.664. The Morgan fingerprint density at radius 1 is 1.30 bits per heavy atom. The molecule has 2 aliphatic rings. The standard InChI is InChI=1S/C13H10BrClN2O3/c14-7-1-2-8(15)6-5-17(13(20)11(6)7)9-3-4-10(18)16-12(9)19/h1-2,9H,3-5H2,(H,16,18,19). The number of piperidine rings is 1. The maximum atomic E-state index is 12.5. The van der Waals surface area contributed by atoms with Crippen molar-refractivity contribution in [1.29, 1.82) is 0 Å². The summed E-state index contributed by atoms with van der Waals surface area (Å²) in [4.78, 5) is 37.0. The van der Waals surface area contributed by atoms with Gasteiger partial charge in [0.05, 0.1) is 5.56 Å². The number of hydrogen-bond acceptors (Lipinski definition) is 3. The molecule has 0 bridgehead atoms. The smallest absolute Gasteiger partial charge is 0.256 e. The van der Waals surface area contributed by atoms with E-state index < -0.39 is 11.9 Å². The summed E-state index contributed by atoms with van der Waals surface area (Å²) in [7, 11) is 0. The molecule has 0 spiro atoms. The number of halogens is 2. The number of imide groups is 1. The van der Waals surface area contributed by atoms with Gasteiger partial charge in [-0.3, -0.25) is 19.7 Å². The second-order valence-electron chi connectivity index (χ2n) is 4.78. The number of carbonyl (C=O) groups is 3. The average Bonchev–Trinajstić information content (AvgIpc) is 2.73. The Morgan fingerprint density at radius 3 is 2.70 bits per heavy atom. The molecule has 20 heavy (non-hydrogen) atoms. The molecule has 7 heteroatoms. The van der Waals surface area contributed by atoms with Gasteiger partial charge in [-0.05, 0) is 34.5 Å². The van der Waals surface area contributed by atoms with E-state index in [1.165, 1.54) is 4.90 Å². The Balaban J connectivity index is 1.94. The summed E-state index contributed by atoms with van der Waals surface area (Å²) in [5, 5.41) is 2.77. The number of amides is 3. The maximum absolute atomic E-state index is 12.5. The van der Waals surface area contributed by atoms with E-state index in [-0.39, 0.29) is 18.2 Å². The van der Waals surface area contributed by atoms with Crippen molar-refractivity contribution in [1.82, 2.24) is 10.2 Å². The van der Waals surface area contributed by atoms with Crippen LogP contribution in [0.2, 0.25) is 5.02 Å². The lowest BCUT2D eigenvalue weighted by Gasteiger charge is -2.29. The van der Waals surface area contributed by atoms with Gasteiger partial charge in [0.15, 0.2) is 0 Å². The summed E-state index contributed by atoms with van der Waals surface area (Å²) in [6, 6.07) is 2.81. The number of nitrogens with zero attached hydrogens (tertiary/aromatic N) is 1. The van der Waals surface area contributed by atoms with Crippen molar-refractivity contribution in [3.05, 3.63) is 32.8 Å². The van der Waals surface area contributed by atoms with Crippen LogP contribution in [0.25, 0.3) is 0 Å². The highest BCUT2D eigenvalue weighted by Crippen LogP contribution is 2.36. The molecule has 1 aromatic rings. The summed E-state index contributed by atoms with van der Waals surface area (Å²) in [6.45, 7) is 0.290. The lowest BCUT2D eigenvalue weighted by Crippen LogP contribution is -2.52. The highest BCUT2D eigenvalue weighted by molar-refractivity contribution is 9.10. The van der Waals surface area contributed by atoms with Crippen molar-refractivity contribution < 1.29 is 14.4 Å². The van der Waals surface area contributed by atoms with Crippen molar-refractivity contribution >= 4 is 45.3 Å². The third-order valence-corrected chi connectivity index (χ3v) is 4.61. The number of benzene rings is 1. The third kappa shape index (κ3) is 2.03. The van der Waals surface area contributed by atoms with Crippen LogP contribution >= 0.6 is 27.5 Å². The fraction of sp³-hybridized carbons (Fsp3) is 0.308. The second-order valence-corrected chi connectivity index (χ2v) is 6.04. The van der Waals surface area contributed by atoms with Gasteiger partial charge in [0.2, 0.25) is 11.8 Å². The van der Waals surface area contributed by atoms with E-state index in [0.29, 0.717) is 28.0 Å². The van der Waals surface area contributed by atoms with Gasteiger partial charge >= 0.3 is 0 Å². The summed E-state index contributed by atoms with van der Waals surface area (Å²) >= 11 is 9.45. The van der Waals surface area contributed by atoms with Crippen LogP contribution in [0.3, 0.4) is 0 Å². The zero-order chi connectivity index (χ0) is 14.4. The van der Waals surface area contributed by atoms with Crippen LogP contribution in [0.4, 0.5) is 0 Å². The Hall–Kier alpha value is -1.40. The minimum Gasteiger partial charge on any atom is -0.322 e. The van der Waals surface area contributed by atoms with Crippen LogP contribution in [0.1, 0.15) is 28.8 Å². The van der Waals surface area contributed by atoms with Gasteiger partial charge in [-0.25, -0.2) is 0 Å². The molecule has 0 radical (unpaired) electrons. The van der Waals surface area contributed by atoms with Crippen LogP contribution in [0.15, 0.2) is 16.6 Å². The van der Waals surface area contributed by atoms with E-state index in [0.717, 1.165) is 5.56 Å². The first-order valence-corrected chi connectivity index (χ1v) is 7.27. The van der Waals surface area contributed by atoms with E-state index in [1.807, 2.05) is 0 Å².